The van der Waals surface area contributed by atoms with Crippen molar-refractivity contribution >= 4 is 17.4 Å². The summed E-state index contributed by atoms with van der Waals surface area (Å²) in [6, 6.07) is 10.3. The lowest BCUT2D eigenvalue weighted by atomic mass is 10.1. The summed E-state index contributed by atoms with van der Waals surface area (Å²) in [6.07, 6.45) is 4.69. The molecule has 1 aliphatic rings. The summed E-state index contributed by atoms with van der Waals surface area (Å²) in [7, 11) is 0. The van der Waals surface area contributed by atoms with Crippen LogP contribution in [-0.2, 0) is 0 Å². The summed E-state index contributed by atoms with van der Waals surface area (Å²) < 4.78 is 0. The maximum absolute atomic E-state index is 6.22. The predicted octanol–water partition coefficient (Wildman–Crippen LogP) is 3.64. The third-order valence-corrected chi connectivity index (χ3v) is 5.04. The zero-order valence-electron chi connectivity index (χ0n) is 14.0. The minimum atomic E-state index is 0.246. The van der Waals surface area contributed by atoms with Crippen LogP contribution in [0.3, 0.4) is 0 Å². The van der Waals surface area contributed by atoms with Gasteiger partial charge in [-0.25, -0.2) is 9.97 Å². The summed E-state index contributed by atoms with van der Waals surface area (Å²) in [5, 5.41) is 0.753. The molecule has 0 aliphatic carbocycles. The van der Waals surface area contributed by atoms with Crippen molar-refractivity contribution in [1.29, 1.82) is 0 Å². The first-order valence-corrected chi connectivity index (χ1v) is 8.76. The highest BCUT2D eigenvalue weighted by molar-refractivity contribution is 6.31. The van der Waals surface area contributed by atoms with Gasteiger partial charge in [0.2, 0.25) is 0 Å². The molecule has 0 spiro atoms. The third-order valence-electron chi connectivity index (χ3n) is 4.63. The van der Waals surface area contributed by atoms with E-state index >= 15 is 0 Å². The second-order valence-corrected chi connectivity index (χ2v) is 6.92. The molecule has 1 unspecified atom stereocenters. The van der Waals surface area contributed by atoms with Gasteiger partial charge >= 0.3 is 0 Å². The van der Waals surface area contributed by atoms with E-state index in [1.54, 1.807) is 0 Å². The van der Waals surface area contributed by atoms with Crippen molar-refractivity contribution in [3.05, 3.63) is 53.3 Å². The number of imidazole rings is 1. The van der Waals surface area contributed by atoms with Crippen LogP contribution in [0.15, 0.2) is 42.7 Å². The van der Waals surface area contributed by atoms with Crippen molar-refractivity contribution in [3.63, 3.8) is 0 Å². The van der Waals surface area contributed by atoms with E-state index in [0.29, 0.717) is 0 Å². The lowest BCUT2D eigenvalue weighted by molar-refractivity contribution is 0.751. The number of nitrogens with zero attached hydrogens (tertiary/aromatic N) is 3. The molecule has 0 amide bonds. The second-order valence-electron chi connectivity index (χ2n) is 6.51. The van der Waals surface area contributed by atoms with Crippen molar-refractivity contribution in [1.82, 2.24) is 15.0 Å². The standard InChI is InChI=1S/C19H20ClN5/c1-12-2-3-13(8-16(12)20)17-10-23-19(24-17)14-4-5-18(22-9-14)25-7-6-15(21)11-25/h2-5,8-10,15H,6-7,11,21H2,1H3,(H,23,24). The van der Waals surface area contributed by atoms with Crippen LogP contribution >= 0.6 is 11.6 Å². The van der Waals surface area contributed by atoms with E-state index in [0.717, 1.165) is 58.6 Å². The molecule has 25 heavy (non-hydrogen) atoms. The Balaban J connectivity index is 1.56. The highest BCUT2D eigenvalue weighted by atomic mass is 35.5. The fourth-order valence-electron chi connectivity index (χ4n) is 3.08. The fourth-order valence-corrected chi connectivity index (χ4v) is 3.26. The number of halogens is 1. The summed E-state index contributed by atoms with van der Waals surface area (Å²) in [4.78, 5) is 14.6. The lowest BCUT2D eigenvalue weighted by Gasteiger charge is -2.16. The van der Waals surface area contributed by atoms with Crippen LogP contribution in [0.5, 0.6) is 0 Å². The number of aromatic nitrogens is 3. The molecule has 0 saturated carbocycles. The van der Waals surface area contributed by atoms with E-state index < -0.39 is 0 Å². The van der Waals surface area contributed by atoms with Gasteiger partial charge in [-0.15, -0.1) is 0 Å². The normalized spacial score (nSPS) is 17.2. The summed E-state index contributed by atoms with van der Waals surface area (Å²) in [5.74, 6) is 1.76. The highest BCUT2D eigenvalue weighted by Gasteiger charge is 2.20. The van der Waals surface area contributed by atoms with E-state index in [-0.39, 0.29) is 6.04 Å². The summed E-state index contributed by atoms with van der Waals surface area (Å²) in [6.45, 7) is 3.82. The number of H-pyrrole nitrogens is 1. The molecule has 3 N–H and O–H groups in total. The van der Waals surface area contributed by atoms with Crippen molar-refractivity contribution < 1.29 is 0 Å². The molecule has 1 aromatic carbocycles. The van der Waals surface area contributed by atoms with E-state index in [2.05, 4.69) is 19.9 Å². The number of nitrogens with two attached hydrogens (primary N) is 1. The Morgan fingerprint density at radius 2 is 2.00 bits per heavy atom. The zero-order valence-corrected chi connectivity index (χ0v) is 14.8. The van der Waals surface area contributed by atoms with Gasteiger partial charge in [-0.3, -0.25) is 0 Å². The van der Waals surface area contributed by atoms with Gasteiger partial charge in [0.15, 0.2) is 0 Å². The van der Waals surface area contributed by atoms with Crippen LogP contribution in [-0.4, -0.2) is 34.1 Å². The van der Waals surface area contributed by atoms with Gasteiger partial charge in [0, 0.05) is 41.5 Å². The van der Waals surface area contributed by atoms with E-state index in [1.165, 1.54) is 0 Å². The molecule has 3 heterocycles. The van der Waals surface area contributed by atoms with Crippen molar-refractivity contribution in [2.45, 2.75) is 19.4 Å². The van der Waals surface area contributed by atoms with Crippen molar-refractivity contribution in [3.8, 4) is 22.6 Å². The fraction of sp³-hybridized carbons (Fsp3) is 0.263. The molecule has 3 aromatic rings. The van der Waals surface area contributed by atoms with Crippen LogP contribution in [0, 0.1) is 6.92 Å². The molecule has 1 saturated heterocycles. The third kappa shape index (κ3) is 3.25. The number of benzene rings is 1. The van der Waals surface area contributed by atoms with E-state index in [9.17, 15) is 0 Å². The zero-order chi connectivity index (χ0) is 17.4. The monoisotopic (exact) mass is 353 g/mol. The molecule has 2 aromatic heterocycles. The van der Waals surface area contributed by atoms with Crippen LogP contribution in [0.4, 0.5) is 5.82 Å². The van der Waals surface area contributed by atoms with Gasteiger partial charge in [-0.2, -0.15) is 0 Å². The van der Waals surface area contributed by atoms with Crippen LogP contribution in [0.2, 0.25) is 5.02 Å². The Morgan fingerprint density at radius 1 is 1.16 bits per heavy atom. The number of anilines is 1. The molecule has 5 nitrogen and oxygen atoms in total. The maximum Gasteiger partial charge on any atom is 0.139 e. The Bertz CT molecular complexity index is 887. The highest BCUT2D eigenvalue weighted by Crippen LogP contribution is 2.27. The summed E-state index contributed by atoms with van der Waals surface area (Å²) in [5.41, 5.74) is 9.94. The van der Waals surface area contributed by atoms with Crippen LogP contribution < -0.4 is 10.6 Å². The first-order valence-electron chi connectivity index (χ1n) is 8.38. The molecular weight excluding hydrogens is 334 g/mol. The largest absolute Gasteiger partial charge is 0.355 e. The molecule has 4 rings (SSSR count). The van der Waals surface area contributed by atoms with Crippen LogP contribution in [0.1, 0.15) is 12.0 Å². The number of aromatic amines is 1. The number of nitrogens with one attached hydrogen (secondary N) is 1. The topological polar surface area (TPSA) is 70.8 Å². The molecule has 6 heteroatoms. The van der Waals surface area contributed by atoms with Crippen molar-refractivity contribution in [2.75, 3.05) is 18.0 Å². The Labute approximate surface area is 151 Å². The molecule has 1 fully saturated rings. The number of pyridine rings is 1. The molecule has 1 atom stereocenters. The molecule has 0 bridgehead atoms. The minimum Gasteiger partial charge on any atom is -0.355 e. The van der Waals surface area contributed by atoms with E-state index in [1.807, 2.05) is 49.6 Å². The smallest absolute Gasteiger partial charge is 0.139 e. The summed E-state index contributed by atoms with van der Waals surface area (Å²) >= 11 is 6.22. The number of aryl methyl sites for hydroxylation is 1. The number of rotatable bonds is 3. The first kappa shape index (κ1) is 16.1. The SMILES string of the molecule is Cc1ccc(-c2cnc(-c3ccc(N4CCC(N)C4)nc3)[nH]2)cc1Cl. The van der Waals surface area contributed by atoms with Crippen LogP contribution in [0.25, 0.3) is 22.6 Å². The van der Waals surface area contributed by atoms with Crippen molar-refractivity contribution in [2.24, 2.45) is 5.73 Å². The second kappa shape index (κ2) is 6.50. The average Bonchev–Trinajstić information content (AvgIpc) is 3.27. The van der Waals surface area contributed by atoms with Gasteiger partial charge in [-0.05, 0) is 37.1 Å². The maximum atomic E-state index is 6.22. The quantitative estimate of drug-likeness (QED) is 0.754. The molecule has 1 aliphatic heterocycles. The Morgan fingerprint density at radius 3 is 2.68 bits per heavy atom. The molecule has 128 valence electrons. The number of hydrogen-bond donors (Lipinski definition) is 2. The first-order chi connectivity index (χ1) is 12.1. The van der Waals surface area contributed by atoms with E-state index in [4.69, 9.17) is 17.3 Å². The van der Waals surface area contributed by atoms with Gasteiger partial charge in [-0.1, -0.05) is 23.7 Å². The number of hydrogen-bond acceptors (Lipinski definition) is 4. The van der Waals surface area contributed by atoms with Gasteiger partial charge < -0.3 is 15.6 Å². The average molecular weight is 354 g/mol. The molecular formula is C19H20ClN5. The lowest BCUT2D eigenvalue weighted by Crippen LogP contribution is -2.26. The Hall–Kier alpha value is -2.37. The Kier molecular flexibility index (Phi) is 4.19. The minimum absolute atomic E-state index is 0.246. The van der Waals surface area contributed by atoms with Gasteiger partial charge in [0.05, 0.1) is 11.9 Å². The van der Waals surface area contributed by atoms with Gasteiger partial charge in [0.1, 0.15) is 11.6 Å². The predicted molar refractivity (Wildman–Crippen MR) is 102 cm³/mol. The van der Waals surface area contributed by atoms with Gasteiger partial charge in [0.25, 0.3) is 0 Å². The molecule has 0 radical (unpaired) electrons.